The Bertz CT molecular complexity index is 3720. The van der Waals surface area contributed by atoms with E-state index >= 15 is 0 Å². The van der Waals surface area contributed by atoms with Crippen LogP contribution in [0.1, 0.15) is 0 Å². The summed E-state index contributed by atoms with van der Waals surface area (Å²) in [5.74, 6) is 148. The van der Waals surface area contributed by atoms with Crippen molar-refractivity contribution in [3.8, 4) is 368 Å². The van der Waals surface area contributed by atoms with Crippen molar-refractivity contribution in [3.63, 3.8) is 0 Å². The first-order valence-corrected chi connectivity index (χ1v) is 15.3. The summed E-state index contributed by atoms with van der Waals surface area (Å²) < 4.78 is 0. The number of rotatable bonds is 0. The van der Waals surface area contributed by atoms with Gasteiger partial charge in [-0.25, -0.2) is 0 Å². The molecule has 0 saturated heterocycles. The van der Waals surface area contributed by atoms with Crippen LogP contribution in [0.2, 0.25) is 0 Å². The second-order valence-corrected chi connectivity index (χ2v) is 7.54. The largest absolute Gasteiger partial charge is 0.106 e. The molecule has 0 saturated carbocycles. The van der Waals surface area contributed by atoms with Crippen LogP contribution in [0.5, 0.6) is 0 Å². The van der Waals surface area contributed by atoms with E-state index in [1.54, 1.807) is 0 Å². The fraction of sp³-hybridized carbons (Fsp3) is 0. The molecule has 0 heterocycles. The molecule has 0 aliphatic heterocycles. The second kappa shape index (κ2) is 47.4. The molecule has 0 unspecified atom stereocenters. The van der Waals surface area contributed by atoms with E-state index in [1.165, 1.54) is 0 Å². The molecule has 0 N–H and O–H groups in total. The van der Waals surface area contributed by atoms with Crippen molar-refractivity contribution in [2.24, 2.45) is 0 Å². The third-order valence-electron chi connectivity index (χ3n) is 3.71. The fourth-order valence-corrected chi connectivity index (χ4v) is 1.82. The maximum atomic E-state index is 4.94. The topological polar surface area (TPSA) is 0 Å². The molecule has 0 spiro atoms. The Balaban J connectivity index is 4.59. The Morgan fingerprint density at radius 2 is 0.129 bits per heavy atom. The van der Waals surface area contributed by atoms with Crippen LogP contribution in [-0.4, -0.2) is 0 Å². The first kappa shape index (κ1) is 48.4. The Morgan fingerprint density at radius 3 is 0.177 bits per heavy atom. The maximum Gasteiger partial charge on any atom is 0 e. The van der Waals surface area contributed by atoms with Crippen molar-refractivity contribution in [2.75, 3.05) is 0 Å². The Hall–Kier alpha value is -13.6. The van der Waals surface area contributed by atoms with Crippen LogP contribution in [0.4, 0.5) is 0 Å². The van der Waals surface area contributed by atoms with Crippen LogP contribution >= 0.6 is 0 Å². The highest BCUT2D eigenvalue weighted by Crippen LogP contribution is 1.63. The summed E-state index contributed by atoms with van der Waals surface area (Å²) in [5.41, 5.74) is 0. The fourth-order valence-electron chi connectivity index (χ4n) is 1.82. The van der Waals surface area contributed by atoms with Gasteiger partial charge in [0.1, 0.15) is 0 Å². The summed E-state index contributed by atoms with van der Waals surface area (Å²) in [7, 11) is 0. The SMILES string of the molecule is C#CC#CC#CC#CC#CC#CC#CC#CC#CC#CC#CC#CC#CC#CC#CC#CC#CC#CC#CC#CC#CC#CC#CC#CC#CC#CC#CC#CC#CC#CC#C. The molecule has 0 radical (unpaired) electrons. The minimum atomic E-state index is 2.12. The predicted molar refractivity (Wildman–Crippen MR) is 243 cm³/mol. The van der Waals surface area contributed by atoms with Crippen LogP contribution in [0.25, 0.3) is 0 Å². The Labute approximate surface area is 366 Å². The van der Waals surface area contributed by atoms with Crippen molar-refractivity contribution < 1.29 is 0 Å². The zero-order chi connectivity index (χ0) is 44.4. The highest BCUT2D eigenvalue weighted by Gasteiger charge is 1.63. The van der Waals surface area contributed by atoms with Gasteiger partial charge in [-0.05, 0) is 94.7 Å². The molecule has 0 aromatic rings. The molecule has 0 aromatic heterocycles. The molecule has 0 amide bonds. The van der Waals surface area contributed by atoms with E-state index in [0.717, 1.165) is 0 Å². The molecule has 62 heavy (non-hydrogen) atoms. The molecular formula is C62H2. The lowest BCUT2D eigenvalue weighted by Gasteiger charge is -1.57. The van der Waals surface area contributed by atoms with E-state index in [-0.39, 0.29) is 0 Å². The van der Waals surface area contributed by atoms with Crippen LogP contribution in [0.3, 0.4) is 0 Å². The maximum absolute atomic E-state index is 4.94. The summed E-state index contributed by atoms with van der Waals surface area (Å²) in [4.78, 5) is 0. The van der Waals surface area contributed by atoms with E-state index in [0.29, 0.717) is 0 Å². The lowest BCUT2D eigenvalue weighted by Crippen LogP contribution is -1.57. The highest BCUT2D eigenvalue weighted by molar-refractivity contribution is 5.52. The molecule has 0 aliphatic rings. The second-order valence-electron chi connectivity index (χ2n) is 7.54. The Kier molecular flexibility index (Phi) is 36.9. The van der Waals surface area contributed by atoms with Gasteiger partial charge in [-0.15, -0.1) is 12.8 Å². The standard InChI is InChI=1S/C62H2/c1-3-5-7-9-11-13-15-17-19-21-23-25-27-29-31-33-35-37-39-41-43-45-47-49-51-53-55-57-59-61-62-60-58-56-54-52-50-48-46-44-42-40-38-36-34-32-30-28-26-24-22-20-18-16-14-12-10-8-6-4-2/h1-2H. The van der Waals surface area contributed by atoms with Crippen LogP contribution in [0, 0.1) is 368 Å². The van der Waals surface area contributed by atoms with E-state index in [4.69, 9.17) is 12.8 Å². The summed E-state index contributed by atoms with van der Waals surface area (Å²) >= 11 is 0. The van der Waals surface area contributed by atoms with Gasteiger partial charge < -0.3 is 0 Å². The normalized spacial score (nSPS) is 3.90. The Morgan fingerprint density at radius 1 is 0.0806 bits per heavy atom. The molecule has 0 rings (SSSR count). The monoisotopic (exact) mass is 746 g/mol. The van der Waals surface area contributed by atoms with Crippen molar-refractivity contribution in [1.29, 1.82) is 0 Å². The summed E-state index contributed by atoms with van der Waals surface area (Å²) in [6, 6.07) is 0. The summed E-state index contributed by atoms with van der Waals surface area (Å²) in [6.45, 7) is 0. The molecule has 0 aliphatic carbocycles. The molecule has 0 atom stereocenters. The smallest absolute Gasteiger partial charge is 0 e. The number of hydrogen-bond donors (Lipinski definition) is 0. The van der Waals surface area contributed by atoms with Crippen molar-refractivity contribution in [2.45, 2.75) is 0 Å². The predicted octanol–water partition coefficient (Wildman–Crippen LogP) is 0.351. The first-order valence-electron chi connectivity index (χ1n) is 15.3. The molecule has 0 heteroatoms. The number of terminal acetylenes is 2. The van der Waals surface area contributed by atoms with Crippen LogP contribution < -0.4 is 0 Å². The first-order chi connectivity index (χ1) is 30.9. The lowest BCUT2D eigenvalue weighted by atomic mass is 10.4. The molecule has 0 bridgehead atoms. The van der Waals surface area contributed by atoms with Gasteiger partial charge in [0.05, 0.1) is 0 Å². The van der Waals surface area contributed by atoms with Gasteiger partial charge >= 0.3 is 0 Å². The van der Waals surface area contributed by atoms with Gasteiger partial charge in [0.15, 0.2) is 0 Å². The van der Waals surface area contributed by atoms with Gasteiger partial charge in [-0.2, -0.15) is 0 Å². The van der Waals surface area contributed by atoms with Gasteiger partial charge in [-0.3, -0.25) is 0 Å². The number of hydrogen-bond acceptors (Lipinski definition) is 0. The van der Waals surface area contributed by atoms with Crippen molar-refractivity contribution in [1.82, 2.24) is 0 Å². The average molecular weight is 747 g/mol. The third kappa shape index (κ3) is 46.4. The van der Waals surface area contributed by atoms with E-state index in [1.807, 2.05) is 0 Å². The zero-order valence-corrected chi connectivity index (χ0v) is 31.2. The van der Waals surface area contributed by atoms with E-state index < -0.39 is 0 Å². The van der Waals surface area contributed by atoms with Crippen molar-refractivity contribution in [3.05, 3.63) is 0 Å². The van der Waals surface area contributed by atoms with Gasteiger partial charge in [0.25, 0.3) is 0 Å². The highest BCUT2D eigenvalue weighted by atomic mass is 13.6. The summed E-state index contributed by atoms with van der Waals surface area (Å²) in [6.07, 6.45) is 9.89. The molecule has 0 nitrogen and oxygen atoms in total. The quantitative estimate of drug-likeness (QED) is 0.315. The minimum Gasteiger partial charge on any atom is -0.106 e. The van der Waals surface area contributed by atoms with Crippen molar-refractivity contribution >= 4 is 0 Å². The third-order valence-corrected chi connectivity index (χ3v) is 3.71. The van der Waals surface area contributed by atoms with Gasteiger partial charge in [0, 0.05) is 260 Å². The van der Waals surface area contributed by atoms with Crippen LogP contribution in [-0.2, 0) is 0 Å². The van der Waals surface area contributed by atoms with Gasteiger partial charge in [0.2, 0.25) is 0 Å². The lowest BCUT2D eigenvalue weighted by molar-refractivity contribution is 2.31. The molecule has 250 valence electrons. The minimum absolute atomic E-state index is 2.12. The molecule has 0 aromatic carbocycles. The average Bonchev–Trinajstić information content (AvgIpc) is 3.28. The van der Waals surface area contributed by atoms with Crippen LogP contribution in [0.15, 0.2) is 0 Å². The molecular weight excluding hydrogens is 745 g/mol. The molecule has 0 fully saturated rings. The van der Waals surface area contributed by atoms with E-state index in [9.17, 15) is 0 Å². The van der Waals surface area contributed by atoms with Gasteiger partial charge in [-0.1, -0.05) is 0 Å². The summed E-state index contributed by atoms with van der Waals surface area (Å²) in [5, 5.41) is 0. The zero-order valence-electron chi connectivity index (χ0n) is 31.2. The van der Waals surface area contributed by atoms with E-state index in [2.05, 4.69) is 355 Å².